The molecule has 0 radical (unpaired) electrons. The number of aliphatic imine (C=N–C) groups is 1. The predicted octanol–water partition coefficient (Wildman–Crippen LogP) is 2.24. The van der Waals surface area contributed by atoms with Gasteiger partial charge in [-0.2, -0.15) is 0 Å². The average Bonchev–Trinajstić information content (AvgIpc) is 3.08. The molecule has 1 atom stereocenters. The summed E-state index contributed by atoms with van der Waals surface area (Å²) in [4.78, 5) is 6.87. The predicted molar refractivity (Wildman–Crippen MR) is 115 cm³/mol. The minimum absolute atomic E-state index is 0.0515. The Hall–Kier alpha value is -1.60. The third kappa shape index (κ3) is 6.48. The molecule has 1 aromatic carbocycles. The molecule has 1 saturated carbocycles. The molecule has 3 rings (SSSR count). The van der Waals surface area contributed by atoms with E-state index in [1.807, 2.05) is 6.92 Å². The van der Waals surface area contributed by atoms with Crippen LogP contribution in [-0.2, 0) is 16.4 Å². The molecular formula is C21H34N4O2S. The van der Waals surface area contributed by atoms with Crippen molar-refractivity contribution >= 4 is 16.0 Å². The highest BCUT2D eigenvalue weighted by atomic mass is 32.2. The summed E-state index contributed by atoms with van der Waals surface area (Å²) >= 11 is 0. The molecule has 1 heterocycles. The lowest BCUT2D eigenvalue weighted by molar-refractivity contribution is 0.316. The molecule has 1 aromatic rings. The Balaban J connectivity index is 1.48. The van der Waals surface area contributed by atoms with Gasteiger partial charge in [-0.3, -0.25) is 4.99 Å². The van der Waals surface area contributed by atoms with Crippen molar-refractivity contribution in [3.63, 3.8) is 0 Å². The Bertz CT molecular complexity index is 732. The van der Waals surface area contributed by atoms with Gasteiger partial charge in [-0.05, 0) is 50.0 Å². The molecule has 156 valence electrons. The Labute approximate surface area is 169 Å². The van der Waals surface area contributed by atoms with Gasteiger partial charge < -0.3 is 10.2 Å². The van der Waals surface area contributed by atoms with Gasteiger partial charge in [-0.1, -0.05) is 36.8 Å². The highest BCUT2D eigenvalue weighted by Crippen LogP contribution is 2.25. The SMILES string of the molecule is CCNC(=NCCS(=O)(=O)NCC1CCC1)N1CCC(Cc2ccccc2)C1. The lowest BCUT2D eigenvalue weighted by Gasteiger charge is -2.25. The lowest BCUT2D eigenvalue weighted by Crippen LogP contribution is -2.41. The van der Waals surface area contributed by atoms with Crippen LogP contribution in [0, 0.1) is 11.8 Å². The van der Waals surface area contributed by atoms with Gasteiger partial charge in [-0.25, -0.2) is 13.1 Å². The molecule has 0 bridgehead atoms. The second kappa shape index (κ2) is 10.3. The quantitative estimate of drug-likeness (QED) is 0.487. The molecule has 1 aliphatic carbocycles. The van der Waals surface area contributed by atoms with Crippen LogP contribution in [0.3, 0.4) is 0 Å². The molecule has 1 saturated heterocycles. The number of nitrogens with zero attached hydrogens (tertiary/aromatic N) is 2. The van der Waals surface area contributed by atoms with Crippen molar-refractivity contribution in [3.05, 3.63) is 35.9 Å². The topological polar surface area (TPSA) is 73.8 Å². The highest BCUT2D eigenvalue weighted by Gasteiger charge is 2.25. The summed E-state index contributed by atoms with van der Waals surface area (Å²) in [5, 5.41) is 3.32. The van der Waals surface area contributed by atoms with Crippen molar-refractivity contribution in [2.75, 3.05) is 38.5 Å². The first-order valence-electron chi connectivity index (χ1n) is 10.6. The molecule has 1 aliphatic heterocycles. The number of nitrogens with one attached hydrogen (secondary N) is 2. The van der Waals surface area contributed by atoms with Gasteiger partial charge in [-0.15, -0.1) is 0 Å². The Morgan fingerprint density at radius 1 is 1.18 bits per heavy atom. The largest absolute Gasteiger partial charge is 0.357 e. The first-order chi connectivity index (χ1) is 13.6. The normalized spacial score (nSPS) is 21.0. The van der Waals surface area contributed by atoms with Crippen LogP contribution in [0.1, 0.15) is 38.2 Å². The molecule has 2 aliphatic rings. The molecule has 0 amide bonds. The average molecular weight is 407 g/mol. The maximum absolute atomic E-state index is 12.2. The molecule has 28 heavy (non-hydrogen) atoms. The number of guanidine groups is 1. The molecular weight excluding hydrogens is 372 g/mol. The smallest absolute Gasteiger partial charge is 0.213 e. The number of rotatable bonds is 9. The van der Waals surface area contributed by atoms with Crippen LogP contribution in [-0.4, -0.2) is 57.8 Å². The molecule has 7 heteroatoms. The summed E-state index contributed by atoms with van der Waals surface area (Å²) < 4.78 is 27.1. The fourth-order valence-electron chi connectivity index (χ4n) is 3.85. The van der Waals surface area contributed by atoms with Gasteiger partial charge in [0.25, 0.3) is 0 Å². The third-order valence-corrected chi connectivity index (χ3v) is 7.05. The van der Waals surface area contributed by atoms with Crippen molar-refractivity contribution in [3.8, 4) is 0 Å². The zero-order valence-corrected chi connectivity index (χ0v) is 17.8. The first kappa shape index (κ1) is 21.1. The second-order valence-corrected chi connectivity index (χ2v) is 9.92. The van der Waals surface area contributed by atoms with Crippen LogP contribution in [0.5, 0.6) is 0 Å². The van der Waals surface area contributed by atoms with Gasteiger partial charge >= 0.3 is 0 Å². The van der Waals surface area contributed by atoms with E-state index in [0.717, 1.165) is 51.3 Å². The van der Waals surface area contributed by atoms with E-state index in [0.29, 0.717) is 24.9 Å². The summed E-state index contributed by atoms with van der Waals surface area (Å²) in [6.07, 6.45) is 5.73. The van der Waals surface area contributed by atoms with Gasteiger partial charge in [0, 0.05) is 26.2 Å². The van der Waals surface area contributed by atoms with Crippen molar-refractivity contribution in [2.45, 2.75) is 39.0 Å². The van der Waals surface area contributed by atoms with Crippen LogP contribution in [0.15, 0.2) is 35.3 Å². The zero-order valence-electron chi connectivity index (χ0n) is 16.9. The first-order valence-corrected chi connectivity index (χ1v) is 12.3. The monoisotopic (exact) mass is 406 g/mol. The minimum atomic E-state index is -3.24. The molecule has 2 fully saturated rings. The van der Waals surface area contributed by atoms with Crippen molar-refractivity contribution in [1.82, 2.24) is 14.9 Å². The molecule has 0 spiro atoms. The van der Waals surface area contributed by atoms with E-state index >= 15 is 0 Å². The molecule has 2 N–H and O–H groups in total. The molecule has 6 nitrogen and oxygen atoms in total. The van der Waals surface area contributed by atoms with E-state index in [4.69, 9.17) is 0 Å². The summed E-state index contributed by atoms with van der Waals surface area (Å²) in [7, 11) is -3.24. The number of sulfonamides is 1. The van der Waals surface area contributed by atoms with E-state index in [1.54, 1.807) is 0 Å². The summed E-state index contributed by atoms with van der Waals surface area (Å²) in [6, 6.07) is 10.6. The van der Waals surface area contributed by atoms with Gasteiger partial charge in [0.15, 0.2) is 5.96 Å². The van der Waals surface area contributed by atoms with Crippen molar-refractivity contribution in [1.29, 1.82) is 0 Å². The van der Waals surface area contributed by atoms with Crippen molar-refractivity contribution in [2.24, 2.45) is 16.8 Å². The van der Waals surface area contributed by atoms with E-state index in [9.17, 15) is 8.42 Å². The fourth-order valence-corrected chi connectivity index (χ4v) is 4.82. The Morgan fingerprint density at radius 3 is 2.64 bits per heavy atom. The summed E-state index contributed by atoms with van der Waals surface area (Å²) in [5.74, 6) is 2.03. The third-order valence-electron chi connectivity index (χ3n) is 5.73. The van der Waals surface area contributed by atoms with E-state index in [2.05, 4.69) is 50.3 Å². The summed E-state index contributed by atoms with van der Waals surface area (Å²) in [6.45, 7) is 5.64. The van der Waals surface area contributed by atoms with E-state index < -0.39 is 10.0 Å². The van der Waals surface area contributed by atoms with Gasteiger partial charge in [0.05, 0.1) is 12.3 Å². The van der Waals surface area contributed by atoms with E-state index in [-0.39, 0.29) is 5.75 Å². The van der Waals surface area contributed by atoms with Gasteiger partial charge in [0.1, 0.15) is 0 Å². The maximum Gasteiger partial charge on any atom is 0.213 e. The Kier molecular flexibility index (Phi) is 7.73. The highest BCUT2D eigenvalue weighted by molar-refractivity contribution is 7.89. The number of hydrogen-bond acceptors (Lipinski definition) is 3. The second-order valence-electron chi connectivity index (χ2n) is 7.99. The van der Waals surface area contributed by atoms with Crippen LogP contribution in [0.4, 0.5) is 0 Å². The van der Waals surface area contributed by atoms with Crippen LogP contribution in [0.2, 0.25) is 0 Å². The Morgan fingerprint density at radius 2 is 1.96 bits per heavy atom. The minimum Gasteiger partial charge on any atom is -0.357 e. The van der Waals surface area contributed by atoms with Crippen LogP contribution < -0.4 is 10.0 Å². The summed E-state index contributed by atoms with van der Waals surface area (Å²) in [5.41, 5.74) is 1.37. The maximum atomic E-state index is 12.2. The van der Waals surface area contributed by atoms with Gasteiger partial charge in [0.2, 0.25) is 10.0 Å². The van der Waals surface area contributed by atoms with Crippen molar-refractivity contribution < 1.29 is 8.42 Å². The van der Waals surface area contributed by atoms with Crippen LogP contribution >= 0.6 is 0 Å². The molecule has 0 aromatic heterocycles. The number of hydrogen-bond donors (Lipinski definition) is 2. The van der Waals surface area contributed by atoms with E-state index in [1.165, 1.54) is 12.0 Å². The van der Waals surface area contributed by atoms with Crippen LogP contribution in [0.25, 0.3) is 0 Å². The number of likely N-dealkylation sites (tertiary alicyclic amines) is 1. The number of benzene rings is 1. The standard InChI is InChI=1S/C21H34N4O2S/c1-2-22-21(23-12-14-28(26,27)24-16-19-9-6-10-19)25-13-11-20(17-25)15-18-7-4-3-5-8-18/h3-5,7-8,19-20,24H,2,6,9-17H2,1H3,(H,22,23). The molecule has 1 unspecified atom stereocenters. The fraction of sp³-hybridized carbons (Fsp3) is 0.667. The lowest BCUT2D eigenvalue weighted by atomic mass is 9.86. The zero-order chi connectivity index (χ0) is 19.8.